The van der Waals surface area contributed by atoms with Gasteiger partial charge in [0.15, 0.2) is 18.0 Å². The van der Waals surface area contributed by atoms with Crippen molar-refractivity contribution >= 4 is 28.2 Å². The third-order valence-corrected chi connectivity index (χ3v) is 6.01. The number of hydrogen-bond donors (Lipinski definition) is 2. The van der Waals surface area contributed by atoms with E-state index in [4.69, 9.17) is 14.2 Å². The summed E-state index contributed by atoms with van der Waals surface area (Å²) < 4.78 is 15.9. The smallest absolute Gasteiger partial charge is 0.341 e. The van der Waals surface area contributed by atoms with Gasteiger partial charge in [-0.25, -0.2) is 4.79 Å². The number of anilines is 1. The summed E-state index contributed by atoms with van der Waals surface area (Å²) in [4.78, 5) is 26.0. The van der Waals surface area contributed by atoms with Gasteiger partial charge in [-0.1, -0.05) is 0 Å². The average molecular weight is 403 g/mol. The summed E-state index contributed by atoms with van der Waals surface area (Å²) in [6.07, 6.45) is 2.87. The first-order valence-corrected chi connectivity index (χ1v) is 10.3. The van der Waals surface area contributed by atoms with Crippen molar-refractivity contribution in [3.63, 3.8) is 0 Å². The predicted molar refractivity (Wildman–Crippen MR) is 104 cm³/mol. The van der Waals surface area contributed by atoms with Gasteiger partial charge in [-0.15, -0.1) is 11.3 Å². The van der Waals surface area contributed by atoms with E-state index in [1.807, 2.05) is 23.5 Å². The van der Waals surface area contributed by atoms with Crippen LogP contribution >= 0.6 is 11.3 Å². The van der Waals surface area contributed by atoms with Gasteiger partial charge < -0.3 is 24.8 Å². The summed E-state index contributed by atoms with van der Waals surface area (Å²) in [5.74, 6) is 1.01. The first-order valence-electron chi connectivity index (χ1n) is 9.47. The molecular weight excluding hydrogens is 380 g/mol. The minimum absolute atomic E-state index is 0.133. The predicted octanol–water partition coefficient (Wildman–Crippen LogP) is 1.84. The molecule has 2 aliphatic rings. The summed E-state index contributed by atoms with van der Waals surface area (Å²) in [6.45, 7) is 3.27. The molecule has 0 saturated heterocycles. The van der Waals surface area contributed by atoms with E-state index in [0.717, 1.165) is 41.9 Å². The number of hydrogen-bond acceptors (Lipinski definition) is 6. The molecule has 0 fully saturated rings. The third kappa shape index (κ3) is 3.83. The Labute approximate surface area is 167 Å². The number of carbonyl (C=O) groups excluding carboxylic acids is 2. The van der Waals surface area contributed by atoms with Crippen LogP contribution in [0, 0.1) is 0 Å². The second kappa shape index (κ2) is 8.20. The lowest BCUT2D eigenvalue weighted by molar-refractivity contribution is -0.659. The standard InChI is InChI=1S/C20H22N2O5S/c1-2-25-20(24)18-13-4-3-5-16(13)28-19(18)22-17(23)10-21-9-12-6-7-14-15(8-12)27-11-26-14/h6-8,21H,2-5,9-11H2,1H3,(H,22,23)/p+1. The van der Waals surface area contributed by atoms with E-state index in [2.05, 4.69) is 5.32 Å². The first-order chi connectivity index (χ1) is 13.7. The van der Waals surface area contributed by atoms with Crippen LogP contribution in [-0.4, -0.2) is 31.8 Å². The summed E-state index contributed by atoms with van der Waals surface area (Å²) in [6, 6.07) is 5.77. The van der Waals surface area contributed by atoms with Crippen LogP contribution in [0.25, 0.3) is 0 Å². The molecule has 3 N–H and O–H groups in total. The summed E-state index contributed by atoms with van der Waals surface area (Å²) in [5, 5.41) is 5.44. The molecule has 0 unspecified atom stereocenters. The maximum atomic E-state index is 12.4. The van der Waals surface area contributed by atoms with Crippen molar-refractivity contribution in [1.82, 2.24) is 0 Å². The highest BCUT2D eigenvalue weighted by molar-refractivity contribution is 7.17. The number of carbonyl (C=O) groups is 2. The number of ether oxygens (including phenoxy) is 3. The highest BCUT2D eigenvalue weighted by Gasteiger charge is 2.28. The van der Waals surface area contributed by atoms with Gasteiger partial charge in [-0.05, 0) is 49.9 Å². The van der Waals surface area contributed by atoms with Crippen LogP contribution in [0.2, 0.25) is 0 Å². The van der Waals surface area contributed by atoms with E-state index in [9.17, 15) is 9.59 Å². The van der Waals surface area contributed by atoms with Crippen LogP contribution in [0.1, 0.15) is 39.7 Å². The highest BCUT2D eigenvalue weighted by atomic mass is 32.1. The number of amides is 1. The van der Waals surface area contributed by atoms with Crippen molar-refractivity contribution in [2.45, 2.75) is 32.7 Å². The summed E-state index contributed by atoms with van der Waals surface area (Å²) in [5.41, 5.74) is 2.64. The zero-order chi connectivity index (χ0) is 19.5. The van der Waals surface area contributed by atoms with E-state index in [1.165, 1.54) is 16.2 Å². The molecule has 1 aliphatic carbocycles. The van der Waals surface area contributed by atoms with E-state index in [1.54, 1.807) is 6.92 Å². The Bertz CT molecular complexity index is 908. The van der Waals surface area contributed by atoms with Gasteiger partial charge in [-0.3, -0.25) is 4.79 Å². The minimum Gasteiger partial charge on any atom is -0.462 e. The molecule has 0 atom stereocenters. The number of fused-ring (bicyclic) bond motifs is 2. The van der Waals surface area contributed by atoms with Gasteiger partial charge in [0.1, 0.15) is 11.5 Å². The van der Waals surface area contributed by atoms with E-state index < -0.39 is 0 Å². The molecule has 0 saturated carbocycles. The molecule has 1 aromatic heterocycles. The Morgan fingerprint density at radius 1 is 1.25 bits per heavy atom. The van der Waals surface area contributed by atoms with Gasteiger partial charge in [-0.2, -0.15) is 0 Å². The molecule has 2 heterocycles. The second-order valence-corrected chi connectivity index (χ2v) is 7.82. The molecule has 28 heavy (non-hydrogen) atoms. The Balaban J connectivity index is 1.36. The van der Waals surface area contributed by atoms with E-state index >= 15 is 0 Å². The monoisotopic (exact) mass is 403 g/mol. The largest absolute Gasteiger partial charge is 0.462 e. The number of thiophene rings is 1. The number of aryl methyl sites for hydroxylation is 1. The zero-order valence-corrected chi connectivity index (χ0v) is 16.5. The van der Waals surface area contributed by atoms with Crippen molar-refractivity contribution < 1.29 is 29.1 Å². The number of esters is 1. The Morgan fingerprint density at radius 3 is 2.96 bits per heavy atom. The van der Waals surface area contributed by atoms with Crippen LogP contribution in [0.15, 0.2) is 18.2 Å². The summed E-state index contributed by atoms with van der Waals surface area (Å²) >= 11 is 1.50. The number of nitrogens with one attached hydrogen (secondary N) is 1. The fraction of sp³-hybridized carbons (Fsp3) is 0.400. The van der Waals surface area contributed by atoms with Gasteiger partial charge in [0.2, 0.25) is 6.79 Å². The van der Waals surface area contributed by atoms with E-state index in [-0.39, 0.29) is 25.2 Å². The molecule has 4 rings (SSSR count). The average Bonchev–Trinajstić information content (AvgIpc) is 3.36. The second-order valence-electron chi connectivity index (χ2n) is 6.71. The van der Waals surface area contributed by atoms with Gasteiger partial charge in [0.25, 0.3) is 5.91 Å². The van der Waals surface area contributed by atoms with Crippen LogP contribution in [-0.2, 0) is 28.9 Å². The lowest BCUT2D eigenvalue weighted by atomic mass is 10.1. The molecule has 1 aliphatic heterocycles. The van der Waals surface area contributed by atoms with Gasteiger partial charge >= 0.3 is 5.97 Å². The maximum absolute atomic E-state index is 12.4. The molecule has 0 radical (unpaired) electrons. The molecule has 0 spiro atoms. The highest BCUT2D eigenvalue weighted by Crippen LogP contribution is 2.39. The van der Waals surface area contributed by atoms with E-state index in [0.29, 0.717) is 23.7 Å². The number of quaternary nitrogens is 1. The number of benzene rings is 1. The van der Waals surface area contributed by atoms with Crippen LogP contribution in [0.3, 0.4) is 0 Å². The van der Waals surface area contributed by atoms with Crippen LogP contribution in [0.4, 0.5) is 5.00 Å². The lowest BCUT2D eigenvalue weighted by Crippen LogP contribution is -2.84. The Kier molecular flexibility index (Phi) is 5.50. The lowest BCUT2D eigenvalue weighted by Gasteiger charge is -2.08. The molecule has 1 amide bonds. The van der Waals surface area contributed by atoms with Crippen molar-refractivity contribution in [3.8, 4) is 11.5 Å². The fourth-order valence-corrected chi connectivity index (χ4v) is 4.82. The van der Waals surface area contributed by atoms with Gasteiger partial charge in [0.05, 0.1) is 12.2 Å². The topological polar surface area (TPSA) is 90.5 Å². The normalized spacial score (nSPS) is 14.0. The van der Waals surface area contributed by atoms with Crippen LogP contribution in [0.5, 0.6) is 11.5 Å². The minimum atomic E-state index is -0.346. The van der Waals surface area contributed by atoms with Crippen molar-refractivity contribution in [2.24, 2.45) is 0 Å². The van der Waals surface area contributed by atoms with Crippen molar-refractivity contribution in [2.75, 3.05) is 25.3 Å². The molecule has 148 valence electrons. The van der Waals surface area contributed by atoms with Crippen molar-refractivity contribution in [1.29, 1.82) is 0 Å². The number of nitrogens with two attached hydrogens (primary N) is 1. The molecular formula is C20H23N2O5S+. The molecule has 8 heteroatoms. The summed E-state index contributed by atoms with van der Waals surface area (Å²) in [7, 11) is 0. The maximum Gasteiger partial charge on any atom is 0.341 e. The molecule has 2 aromatic rings. The fourth-order valence-electron chi connectivity index (χ4n) is 3.53. The SMILES string of the molecule is CCOC(=O)c1c(NC(=O)C[NH2+]Cc2ccc3c(c2)OCO3)sc2c1CCC2. The van der Waals surface area contributed by atoms with Gasteiger partial charge in [0, 0.05) is 10.4 Å². The first kappa shape index (κ1) is 18.8. The Hall–Kier alpha value is -2.58. The van der Waals surface area contributed by atoms with Crippen molar-refractivity contribution in [3.05, 3.63) is 39.8 Å². The third-order valence-electron chi connectivity index (χ3n) is 4.80. The molecule has 1 aromatic carbocycles. The molecule has 0 bridgehead atoms. The Morgan fingerprint density at radius 2 is 2.11 bits per heavy atom. The van der Waals surface area contributed by atoms with Crippen LogP contribution < -0.4 is 20.1 Å². The quantitative estimate of drug-likeness (QED) is 0.689. The molecule has 7 nitrogen and oxygen atoms in total. The number of rotatable bonds is 7. The zero-order valence-electron chi connectivity index (χ0n) is 15.7.